The highest BCUT2D eigenvalue weighted by molar-refractivity contribution is 5.84. The van der Waals surface area contributed by atoms with Gasteiger partial charge in [-0.25, -0.2) is 0 Å². The molecule has 1 amide bonds. The number of hydrogen-bond acceptors (Lipinski definition) is 7. The van der Waals surface area contributed by atoms with Crippen molar-refractivity contribution >= 4 is 5.91 Å². The summed E-state index contributed by atoms with van der Waals surface area (Å²) >= 11 is 0. The first-order valence-corrected chi connectivity index (χ1v) is 19.8. The third-order valence-corrected chi connectivity index (χ3v) is 10.3. The Hall–Kier alpha value is -2.71. The number of piperidine rings is 1. The molecular formula is C43H81N5O3. The number of fused-ring (bicyclic) bond motifs is 1. The minimum Gasteiger partial charge on any atom is -0.499 e. The number of carbonyl (C=O) groups is 1. The van der Waals surface area contributed by atoms with E-state index >= 15 is 0 Å². The molecule has 8 heteroatoms. The van der Waals surface area contributed by atoms with Gasteiger partial charge in [-0.05, 0) is 67.4 Å². The number of ether oxygens (including phenoxy) is 1. The number of allylic oxidation sites excluding steroid dienone is 1. The zero-order valence-electron chi connectivity index (χ0n) is 34.9. The lowest BCUT2D eigenvalue weighted by Gasteiger charge is -2.42. The minimum atomic E-state index is -0.199. The molecule has 0 aromatic carbocycles. The summed E-state index contributed by atoms with van der Waals surface area (Å²) in [6, 6.07) is -0.134. The molecule has 51 heavy (non-hydrogen) atoms. The summed E-state index contributed by atoms with van der Waals surface area (Å²) in [4.78, 5) is 16.1. The number of aliphatic hydroxyl groups excluding tert-OH is 1. The summed E-state index contributed by atoms with van der Waals surface area (Å²) in [6.45, 7) is 41.5. The lowest BCUT2D eigenvalue weighted by Crippen LogP contribution is -2.54. The Labute approximate surface area is 314 Å². The van der Waals surface area contributed by atoms with Crippen LogP contribution in [0.25, 0.3) is 0 Å². The zero-order chi connectivity index (χ0) is 39.5. The largest absolute Gasteiger partial charge is 0.499 e. The summed E-state index contributed by atoms with van der Waals surface area (Å²) in [5.41, 5.74) is 6.21. The molecule has 0 aromatic rings. The molecule has 0 bridgehead atoms. The lowest BCUT2D eigenvalue weighted by molar-refractivity contribution is -0.126. The van der Waals surface area contributed by atoms with Crippen LogP contribution in [0.1, 0.15) is 120 Å². The normalized spacial score (nSPS) is 21.6. The van der Waals surface area contributed by atoms with Gasteiger partial charge in [0, 0.05) is 31.8 Å². The molecule has 4 fully saturated rings. The van der Waals surface area contributed by atoms with E-state index in [1.165, 1.54) is 45.6 Å². The van der Waals surface area contributed by atoms with Gasteiger partial charge in [0.2, 0.25) is 5.91 Å². The van der Waals surface area contributed by atoms with Crippen LogP contribution in [-0.4, -0.2) is 67.4 Å². The zero-order valence-corrected chi connectivity index (χ0v) is 34.9. The average molecular weight is 716 g/mol. The van der Waals surface area contributed by atoms with Crippen molar-refractivity contribution in [1.82, 2.24) is 20.9 Å². The van der Waals surface area contributed by atoms with Crippen LogP contribution in [-0.2, 0) is 9.53 Å². The first-order valence-electron chi connectivity index (χ1n) is 19.8. The van der Waals surface area contributed by atoms with Gasteiger partial charge >= 0.3 is 0 Å². The van der Waals surface area contributed by atoms with Gasteiger partial charge < -0.3 is 36.4 Å². The minimum absolute atomic E-state index is 0.0504. The molecule has 0 aromatic heterocycles. The number of nitrogens with two attached hydrogens (primary N) is 1. The molecular weight excluding hydrogens is 635 g/mol. The molecule has 0 spiro atoms. The van der Waals surface area contributed by atoms with Crippen LogP contribution in [0.2, 0.25) is 0 Å². The molecule has 6 N–H and O–H groups in total. The van der Waals surface area contributed by atoms with Gasteiger partial charge in [0.15, 0.2) is 0 Å². The van der Waals surface area contributed by atoms with Crippen molar-refractivity contribution in [3.63, 3.8) is 0 Å². The van der Waals surface area contributed by atoms with Crippen molar-refractivity contribution in [2.45, 2.75) is 144 Å². The van der Waals surface area contributed by atoms with Crippen molar-refractivity contribution in [3.05, 3.63) is 61.8 Å². The van der Waals surface area contributed by atoms with Crippen LogP contribution < -0.4 is 21.7 Å². The molecule has 6 atom stereocenters. The molecule has 8 nitrogen and oxygen atoms in total. The summed E-state index contributed by atoms with van der Waals surface area (Å²) in [5, 5.41) is 17.6. The first kappa shape index (κ1) is 48.3. The van der Waals surface area contributed by atoms with Crippen LogP contribution in [0.4, 0.5) is 0 Å². The van der Waals surface area contributed by atoms with Gasteiger partial charge in [-0.2, -0.15) is 0 Å². The first-order chi connectivity index (χ1) is 24.2. The van der Waals surface area contributed by atoms with Gasteiger partial charge in [-0.15, -0.1) is 0 Å². The lowest BCUT2D eigenvalue weighted by atomic mass is 9.79. The smallest absolute Gasteiger partial charge is 0.243 e. The summed E-state index contributed by atoms with van der Waals surface area (Å²) < 4.78 is 5.62. The highest BCUT2D eigenvalue weighted by Crippen LogP contribution is 2.51. The van der Waals surface area contributed by atoms with E-state index < -0.39 is 0 Å². The van der Waals surface area contributed by atoms with Crippen LogP contribution in [0, 0.1) is 35.0 Å². The predicted octanol–water partition coefficient (Wildman–Crippen LogP) is 8.28. The monoisotopic (exact) mass is 716 g/mol. The number of likely N-dealkylation sites (tertiary alicyclic amines) is 1. The molecule has 1 aliphatic heterocycles. The van der Waals surface area contributed by atoms with Gasteiger partial charge in [0.1, 0.15) is 6.04 Å². The summed E-state index contributed by atoms with van der Waals surface area (Å²) in [5.74, 6) is 4.74. The van der Waals surface area contributed by atoms with Crippen LogP contribution in [0.5, 0.6) is 0 Å². The van der Waals surface area contributed by atoms with Crippen molar-refractivity contribution < 1.29 is 14.6 Å². The van der Waals surface area contributed by atoms with Gasteiger partial charge in [0.05, 0.1) is 30.3 Å². The fourth-order valence-corrected chi connectivity index (χ4v) is 6.72. The number of amides is 1. The molecule has 296 valence electrons. The molecule has 4 unspecified atom stereocenters. The van der Waals surface area contributed by atoms with Crippen molar-refractivity contribution in [3.8, 4) is 0 Å². The van der Waals surface area contributed by atoms with E-state index in [1.807, 2.05) is 20.8 Å². The SMILES string of the molecule is C=CC(=C)C(CC1CCC1)NC(=O)C1[C@H]2C[C@H]2CN1C(=C)C(NC(=C)NC(CCOC(=C)C)C(C)C)C(C)(C)C.CC.CCC1CC1.CN.CO. The maximum absolute atomic E-state index is 13.8. The van der Waals surface area contributed by atoms with E-state index in [2.05, 4.69) is 101 Å². The highest BCUT2D eigenvalue weighted by atomic mass is 16.5. The molecule has 4 aliphatic rings. The Balaban J connectivity index is 0.00000199. The van der Waals surface area contributed by atoms with Crippen LogP contribution >= 0.6 is 0 Å². The average Bonchev–Trinajstić information content (AvgIpc) is 4.03. The quantitative estimate of drug-likeness (QED) is 0.0718. The number of nitrogens with one attached hydrogen (secondary N) is 3. The van der Waals surface area contributed by atoms with E-state index in [0.29, 0.717) is 30.3 Å². The fraction of sp³-hybridized carbons (Fsp3) is 0.744. The topological polar surface area (TPSA) is 112 Å². The number of aliphatic hydroxyl groups is 1. The molecule has 3 saturated carbocycles. The molecule has 0 radical (unpaired) electrons. The van der Waals surface area contributed by atoms with Gasteiger partial charge in [-0.3, -0.25) is 4.79 Å². The molecule has 1 heterocycles. The Bertz CT molecular complexity index is 1070. The Morgan fingerprint density at radius 3 is 2.00 bits per heavy atom. The van der Waals surface area contributed by atoms with Gasteiger partial charge in [0.25, 0.3) is 0 Å². The maximum atomic E-state index is 13.8. The summed E-state index contributed by atoms with van der Waals surface area (Å²) in [7, 11) is 2.50. The van der Waals surface area contributed by atoms with E-state index in [-0.39, 0.29) is 35.5 Å². The third-order valence-electron chi connectivity index (χ3n) is 10.3. The molecule has 1 saturated heterocycles. The number of rotatable bonds is 18. The fourth-order valence-electron chi connectivity index (χ4n) is 6.72. The number of hydrogen-bond donors (Lipinski definition) is 5. The highest BCUT2D eigenvalue weighted by Gasteiger charge is 2.56. The van der Waals surface area contributed by atoms with Crippen LogP contribution in [0.15, 0.2) is 61.8 Å². The second-order valence-corrected chi connectivity index (χ2v) is 15.7. The van der Waals surface area contributed by atoms with E-state index in [4.69, 9.17) is 9.84 Å². The Morgan fingerprint density at radius 2 is 1.59 bits per heavy atom. The predicted molar refractivity (Wildman–Crippen MR) is 220 cm³/mol. The van der Waals surface area contributed by atoms with E-state index in [9.17, 15) is 4.79 Å². The standard InChI is InChI=1S/C34H56N4O2.C5H10.C2H6.CH5N.CH4O/c1-12-23(6)30(18-26-14-13-15-26)37-33(39)31-28-19-27(28)20-38(31)24(7)32(34(9,10)11)36-25(8)35-29(21(2)3)16-17-40-22(4)5;1-2-5-3-4-5;3*1-2/h12,21,26-32,35-36H,1,4,6-8,13-20H2,2-3,5,9-11H3,(H,37,39);5H,2-4H2,1H3;1-2H3;2H2,1H3;2H,1H3/t27-,28-,29?,30?,31?,32?;;;;/m0..../s1. The third kappa shape index (κ3) is 16.7. The second-order valence-electron chi connectivity index (χ2n) is 15.7. The molecule has 4 rings (SSSR count). The van der Waals surface area contributed by atoms with Crippen molar-refractivity contribution in [2.24, 2.45) is 40.7 Å². The van der Waals surface area contributed by atoms with Crippen molar-refractivity contribution in [2.75, 3.05) is 27.3 Å². The van der Waals surface area contributed by atoms with Crippen molar-refractivity contribution in [1.29, 1.82) is 0 Å². The number of carbonyl (C=O) groups excluding carboxylic acids is 1. The Morgan fingerprint density at radius 1 is 1.00 bits per heavy atom. The van der Waals surface area contributed by atoms with E-state index in [0.717, 1.165) is 61.7 Å². The Kier molecular flexibility index (Phi) is 23.2. The molecule has 3 aliphatic carbocycles. The van der Waals surface area contributed by atoms with Gasteiger partial charge in [-0.1, -0.05) is 133 Å². The number of nitrogens with zero attached hydrogens (tertiary/aromatic N) is 1. The van der Waals surface area contributed by atoms with E-state index in [1.54, 1.807) is 6.08 Å². The maximum Gasteiger partial charge on any atom is 0.243 e. The summed E-state index contributed by atoms with van der Waals surface area (Å²) in [6.07, 6.45) is 12.9. The second kappa shape index (κ2) is 24.5. The van der Waals surface area contributed by atoms with Crippen LogP contribution in [0.3, 0.4) is 0 Å².